The van der Waals surface area contributed by atoms with Crippen LogP contribution in [0.4, 0.5) is 0 Å². The summed E-state index contributed by atoms with van der Waals surface area (Å²) < 4.78 is 4.88. The molecule has 7 aromatic carbocycles. The van der Waals surface area contributed by atoms with Crippen LogP contribution in [0.1, 0.15) is 17.7 Å². The molecule has 2 heterocycles. The van der Waals surface area contributed by atoms with Crippen LogP contribution >= 0.6 is 0 Å². The summed E-state index contributed by atoms with van der Waals surface area (Å²) in [5.41, 5.74) is 8.94. The molecular formula is C42H28N2. The lowest BCUT2D eigenvalue weighted by molar-refractivity contribution is 0.968. The predicted molar refractivity (Wildman–Crippen MR) is 187 cm³/mol. The Balaban J connectivity index is 1.26. The van der Waals surface area contributed by atoms with Crippen LogP contribution in [0, 0.1) is 0 Å². The minimum Gasteiger partial charge on any atom is -0.310 e. The third-order valence-corrected chi connectivity index (χ3v) is 9.76. The van der Waals surface area contributed by atoms with Gasteiger partial charge in [-0.15, -0.1) is 0 Å². The molecule has 0 spiro atoms. The molecule has 2 aromatic heterocycles. The Kier molecular flexibility index (Phi) is 4.86. The van der Waals surface area contributed by atoms with Crippen molar-refractivity contribution in [2.75, 3.05) is 0 Å². The second kappa shape index (κ2) is 8.95. The van der Waals surface area contributed by atoms with Crippen LogP contribution in [-0.4, -0.2) is 9.13 Å². The first kappa shape index (κ1) is 23.9. The highest BCUT2D eigenvalue weighted by atomic mass is 15.0. The van der Waals surface area contributed by atoms with Crippen molar-refractivity contribution >= 4 is 71.1 Å². The lowest BCUT2D eigenvalue weighted by Crippen LogP contribution is -2.00. The lowest BCUT2D eigenvalue weighted by atomic mass is 9.93. The van der Waals surface area contributed by atoms with Gasteiger partial charge in [-0.3, -0.25) is 0 Å². The maximum Gasteiger partial charge on any atom is 0.0541 e. The monoisotopic (exact) mass is 560 g/mol. The minimum atomic E-state index is 1.09. The van der Waals surface area contributed by atoms with Gasteiger partial charge in [-0.25, -0.2) is 0 Å². The highest BCUT2D eigenvalue weighted by molar-refractivity contribution is 6.26. The zero-order valence-corrected chi connectivity index (χ0v) is 24.2. The largest absolute Gasteiger partial charge is 0.310 e. The van der Waals surface area contributed by atoms with Crippen molar-refractivity contribution in [1.29, 1.82) is 0 Å². The SMILES string of the molecule is C1=Cc2c(c3ccccc3n2-c2ccc3c4ccc(-n5c6ccccc6c6ccccc65)cc4c4ccccc4c3c2)CC1. The summed E-state index contributed by atoms with van der Waals surface area (Å²) in [6.07, 6.45) is 6.83. The Morgan fingerprint density at radius 3 is 1.43 bits per heavy atom. The third-order valence-electron chi connectivity index (χ3n) is 9.76. The number of rotatable bonds is 2. The number of allylic oxidation sites excluding steroid dienone is 1. The van der Waals surface area contributed by atoms with E-state index in [1.54, 1.807) is 0 Å². The first-order chi connectivity index (χ1) is 21.8. The van der Waals surface area contributed by atoms with E-state index in [1.807, 2.05) is 0 Å². The number of para-hydroxylation sites is 3. The molecule has 0 fully saturated rings. The summed E-state index contributed by atoms with van der Waals surface area (Å²) in [5, 5.41) is 11.7. The van der Waals surface area contributed by atoms with E-state index in [1.165, 1.54) is 87.7 Å². The summed E-state index contributed by atoms with van der Waals surface area (Å²) in [6.45, 7) is 0. The number of benzene rings is 7. The number of hydrogen-bond donors (Lipinski definition) is 0. The van der Waals surface area contributed by atoms with E-state index in [0.717, 1.165) is 12.8 Å². The summed E-state index contributed by atoms with van der Waals surface area (Å²) in [6, 6.07) is 49.4. The molecule has 0 radical (unpaired) electrons. The van der Waals surface area contributed by atoms with Crippen LogP contribution < -0.4 is 0 Å². The van der Waals surface area contributed by atoms with Crippen molar-refractivity contribution in [3.05, 3.63) is 151 Å². The van der Waals surface area contributed by atoms with Gasteiger partial charge >= 0.3 is 0 Å². The second-order valence-corrected chi connectivity index (χ2v) is 12.0. The Hall–Kier alpha value is -5.60. The zero-order valence-electron chi connectivity index (χ0n) is 24.2. The molecule has 2 heteroatoms. The molecule has 0 bridgehead atoms. The van der Waals surface area contributed by atoms with Crippen molar-refractivity contribution in [2.24, 2.45) is 0 Å². The summed E-state index contributed by atoms with van der Waals surface area (Å²) in [4.78, 5) is 0. The molecule has 0 aliphatic heterocycles. The van der Waals surface area contributed by atoms with Gasteiger partial charge in [0.25, 0.3) is 0 Å². The minimum absolute atomic E-state index is 1.09. The zero-order chi connectivity index (χ0) is 28.8. The van der Waals surface area contributed by atoms with E-state index >= 15 is 0 Å². The number of nitrogens with zero attached hydrogens (tertiary/aromatic N) is 2. The van der Waals surface area contributed by atoms with Crippen LogP contribution in [0.3, 0.4) is 0 Å². The number of hydrogen-bond acceptors (Lipinski definition) is 0. The van der Waals surface area contributed by atoms with E-state index in [0.29, 0.717) is 0 Å². The highest BCUT2D eigenvalue weighted by Gasteiger charge is 2.19. The molecule has 0 N–H and O–H groups in total. The molecule has 1 aliphatic rings. The summed E-state index contributed by atoms with van der Waals surface area (Å²) >= 11 is 0. The van der Waals surface area contributed by atoms with Gasteiger partial charge in [0, 0.05) is 33.2 Å². The lowest BCUT2D eigenvalue weighted by Gasteiger charge is -2.16. The van der Waals surface area contributed by atoms with E-state index in [2.05, 4.69) is 155 Å². The van der Waals surface area contributed by atoms with E-state index in [-0.39, 0.29) is 0 Å². The Morgan fingerprint density at radius 1 is 0.386 bits per heavy atom. The average Bonchev–Trinajstić information content (AvgIpc) is 3.61. The highest BCUT2D eigenvalue weighted by Crippen LogP contribution is 2.40. The molecule has 1 aliphatic carbocycles. The quantitative estimate of drug-likeness (QED) is 0.186. The van der Waals surface area contributed by atoms with Crippen LogP contribution in [0.15, 0.2) is 140 Å². The van der Waals surface area contributed by atoms with Gasteiger partial charge in [-0.2, -0.15) is 0 Å². The van der Waals surface area contributed by atoms with Gasteiger partial charge in [0.05, 0.1) is 16.6 Å². The smallest absolute Gasteiger partial charge is 0.0541 e. The maximum atomic E-state index is 2.46. The fourth-order valence-corrected chi connectivity index (χ4v) is 7.88. The molecule has 0 saturated carbocycles. The molecule has 0 saturated heterocycles. The molecule has 206 valence electrons. The first-order valence-corrected chi connectivity index (χ1v) is 15.5. The van der Waals surface area contributed by atoms with Crippen molar-refractivity contribution in [3.8, 4) is 11.4 Å². The van der Waals surface area contributed by atoms with E-state index < -0.39 is 0 Å². The Morgan fingerprint density at radius 2 is 0.841 bits per heavy atom. The second-order valence-electron chi connectivity index (χ2n) is 12.0. The summed E-state index contributed by atoms with van der Waals surface area (Å²) in [7, 11) is 0. The fourth-order valence-electron chi connectivity index (χ4n) is 7.88. The van der Waals surface area contributed by atoms with Crippen molar-refractivity contribution < 1.29 is 0 Å². The first-order valence-electron chi connectivity index (χ1n) is 15.5. The molecule has 2 nitrogen and oxygen atoms in total. The average molecular weight is 561 g/mol. The molecular weight excluding hydrogens is 532 g/mol. The van der Waals surface area contributed by atoms with Crippen LogP contribution in [-0.2, 0) is 6.42 Å². The molecule has 0 amide bonds. The van der Waals surface area contributed by atoms with Gasteiger partial charge in [0.15, 0.2) is 0 Å². The normalized spacial score (nSPS) is 13.2. The molecule has 10 rings (SSSR count). The van der Waals surface area contributed by atoms with Gasteiger partial charge in [0.1, 0.15) is 0 Å². The van der Waals surface area contributed by atoms with Crippen LogP contribution in [0.25, 0.3) is 82.5 Å². The van der Waals surface area contributed by atoms with Gasteiger partial charge < -0.3 is 9.13 Å². The topological polar surface area (TPSA) is 9.86 Å². The van der Waals surface area contributed by atoms with Crippen molar-refractivity contribution in [2.45, 2.75) is 12.8 Å². The third kappa shape index (κ3) is 3.20. The van der Waals surface area contributed by atoms with E-state index in [4.69, 9.17) is 0 Å². The van der Waals surface area contributed by atoms with E-state index in [9.17, 15) is 0 Å². The van der Waals surface area contributed by atoms with Gasteiger partial charge in [-0.05, 0) is 99.3 Å². The maximum absolute atomic E-state index is 2.46. The summed E-state index contributed by atoms with van der Waals surface area (Å²) in [5.74, 6) is 0. The standard InChI is InChI=1S/C42H28N2/c1-2-12-30-29(11-1)37-25-27(43-39-17-7-3-13-33(39)34-14-4-8-18-40(34)43)21-23-31(37)32-24-22-28(26-38(30)32)44-41-19-9-5-15-35(41)36-16-6-10-20-42(36)44/h1-5,7-15,17-26H,6,16H2. The number of fused-ring (bicyclic) bond motifs is 12. The van der Waals surface area contributed by atoms with Crippen LogP contribution in [0.2, 0.25) is 0 Å². The predicted octanol–water partition coefficient (Wildman–Crippen LogP) is 11.1. The Bertz CT molecular complexity index is 2590. The molecule has 0 atom stereocenters. The molecule has 0 unspecified atom stereocenters. The molecule has 9 aromatic rings. The van der Waals surface area contributed by atoms with Crippen molar-refractivity contribution in [3.63, 3.8) is 0 Å². The van der Waals surface area contributed by atoms with Crippen LogP contribution in [0.5, 0.6) is 0 Å². The molecule has 44 heavy (non-hydrogen) atoms. The van der Waals surface area contributed by atoms with Crippen molar-refractivity contribution in [1.82, 2.24) is 9.13 Å². The number of aryl methyl sites for hydroxylation is 1. The number of aromatic nitrogens is 2. The fraction of sp³-hybridized carbons (Fsp3) is 0.0476. The Labute approximate surface area is 254 Å². The van der Waals surface area contributed by atoms with Gasteiger partial charge in [0.2, 0.25) is 0 Å². The van der Waals surface area contributed by atoms with Gasteiger partial charge in [-0.1, -0.05) is 97.1 Å².